The van der Waals surface area contributed by atoms with Crippen LogP contribution in [0.25, 0.3) is 0 Å². The Labute approximate surface area is 176 Å². The van der Waals surface area contributed by atoms with Crippen LogP contribution in [0, 0.1) is 17.6 Å². The van der Waals surface area contributed by atoms with Gasteiger partial charge in [-0.15, -0.1) is 12.4 Å². The largest absolute Gasteiger partial charge is 0.334 e. The highest BCUT2D eigenvalue weighted by molar-refractivity contribution is 5.85. The summed E-state index contributed by atoms with van der Waals surface area (Å²) in [6, 6.07) is 9.33. The second kappa shape index (κ2) is 9.63. The SMILES string of the molecule is Cl.O=C(C1CC1c1cc(F)ccc1F)N(Cc1ccccn1)C1CCCNCC1. The Morgan fingerprint density at radius 1 is 1.17 bits per heavy atom. The van der Waals surface area contributed by atoms with Gasteiger partial charge in [0.25, 0.3) is 0 Å². The quantitative estimate of drug-likeness (QED) is 0.792. The number of halogens is 3. The zero-order valence-electron chi connectivity index (χ0n) is 16.2. The first-order chi connectivity index (χ1) is 13.6. The molecule has 2 aliphatic rings. The summed E-state index contributed by atoms with van der Waals surface area (Å²) < 4.78 is 27.7. The Morgan fingerprint density at radius 2 is 2.03 bits per heavy atom. The molecule has 3 unspecified atom stereocenters. The van der Waals surface area contributed by atoms with Crippen molar-refractivity contribution in [2.45, 2.75) is 44.2 Å². The van der Waals surface area contributed by atoms with Crippen molar-refractivity contribution >= 4 is 18.3 Å². The van der Waals surface area contributed by atoms with Crippen LogP contribution in [0.4, 0.5) is 8.78 Å². The van der Waals surface area contributed by atoms with Crippen LogP contribution in [-0.2, 0) is 11.3 Å². The van der Waals surface area contributed by atoms with E-state index < -0.39 is 11.6 Å². The summed E-state index contributed by atoms with van der Waals surface area (Å²) in [5, 5.41) is 3.38. The maximum Gasteiger partial charge on any atom is 0.226 e. The van der Waals surface area contributed by atoms with Gasteiger partial charge in [0, 0.05) is 18.2 Å². The molecule has 4 rings (SSSR count). The highest BCUT2D eigenvalue weighted by Gasteiger charge is 2.48. The topological polar surface area (TPSA) is 45.2 Å². The van der Waals surface area contributed by atoms with Crippen molar-refractivity contribution in [3.8, 4) is 0 Å². The molecular formula is C22H26ClF2N3O. The lowest BCUT2D eigenvalue weighted by Gasteiger charge is -2.31. The van der Waals surface area contributed by atoms with Gasteiger partial charge in [-0.2, -0.15) is 0 Å². The molecule has 2 heterocycles. The molecule has 1 N–H and O–H groups in total. The average Bonchev–Trinajstić information content (AvgIpc) is 3.52. The van der Waals surface area contributed by atoms with Gasteiger partial charge >= 0.3 is 0 Å². The van der Waals surface area contributed by atoms with Crippen molar-refractivity contribution in [2.24, 2.45) is 5.92 Å². The van der Waals surface area contributed by atoms with Crippen LogP contribution in [0.2, 0.25) is 0 Å². The highest BCUT2D eigenvalue weighted by atomic mass is 35.5. The molecule has 1 amide bonds. The first-order valence-corrected chi connectivity index (χ1v) is 9.99. The summed E-state index contributed by atoms with van der Waals surface area (Å²) in [4.78, 5) is 19.7. The summed E-state index contributed by atoms with van der Waals surface area (Å²) in [5.41, 5.74) is 1.17. The van der Waals surface area contributed by atoms with Gasteiger partial charge in [0.1, 0.15) is 11.6 Å². The van der Waals surface area contributed by atoms with Crippen LogP contribution in [0.3, 0.4) is 0 Å². The lowest BCUT2D eigenvalue weighted by atomic mass is 10.0. The van der Waals surface area contributed by atoms with Gasteiger partial charge in [0.15, 0.2) is 0 Å². The molecule has 156 valence electrons. The second-order valence-corrected chi connectivity index (χ2v) is 7.74. The number of pyridine rings is 1. The molecular weight excluding hydrogens is 396 g/mol. The molecule has 1 aromatic heterocycles. The van der Waals surface area contributed by atoms with Crippen molar-refractivity contribution in [3.63, 3.8) is 0 Å². The van der Waals surface area contributed by atoms with Crippen LogP contribution in [0.15, 0.2) is 42.6 Å². The maximum atomic E-state index is 14.1. The van der Waals surface area contributed by atoms with E-state index >= 15 is 0 Å². The number of rotatable bonds is 5. The summed E-state index contributed by atoms with van der Waals surface area (Å²) in [5.74, 6) is -1.38. The normalized spacial score (nSPS) is 23.6. The van der Waals surface area contributed by atoms with Crippen LogP contribution >= 0.6 is 12.4 Å². The van der Waals surface area contributed by atoms with Gasteiger partial charge in [-0.3, -0.25) is 9.78 Å². The zero-order chi connectivity index (χ0) is 19.5. The van der Waals surface area contributed by atoms with E-state index in [1.807, 2.05) is 23.1 Å². The van der Waals surface area contributed by atoms with E-state index in [0.29, 0.717) is 18.5 Å². The lowest BCUT2D eigenvalue weighted by Crippen LogP contribution is -2.41. The number of carbonyl (C=O) groups is 1. The van der Waals surface area contributed by atoms with Gasteiger partial charge in [0.05, 0.1) is 12.2 Å². The summed E-state index contributed by atoms with van der Waals surface area (Å²) in [7, 11) is 0. The first kappa shape index (κ1) is 21.7. The number of carbonyl (C=O) groups excluding carboxylic acids is 1. The van der Waals surface area contributed by atoms with E-state index in [1.54, 1.807) is 6.20 Å². The lowest BCUT2D eigenvalue weighted by molar-refractivity contribution is -0.136. The van der Waals surface area contributed by atoms with Crippen LogP contribution in [0.1, 0.15) is 42.9 Å². The molecule has 29 heavy (non-hydrogen) atoms. The van der Waals surface area contributed by atoms with Crippen molar-refractivity contribution < 1.29 is 13.6 Å². The zero-order valence-corrected chi connectivity index (χ0v) is 17.0. The Kier molecular flexibility index (Phi) is 7.19. The summed E-state index contributed by atoms with van der Waals surface area (Å²) in [6.07, 6.45) is 5.16. The van der Waals surface area contributed by atoms with Crippen LogP contribution in [-0.4, -0.2) is 34.9 Å². The molecule has 1 saturated carbocycles. The molecule has 0 spiro atoms. The van der Waals surface area contributed by atoms with Gasteiger partial charge in [-0.05, 0) is 80.6 Å². The number of benzene rings is 1. The summed E-state index contributed by atoms with van der Waals surface area (Å²) in [6.45, 7) is 2.30. The molecule has 0 bridgehead atoms. The van der Waals surface area contributed by atoms with E-state index in [-0.39, 0.29) is 36.2 Å². The van der Waals surface area contributed by atoms with Gasteiger partial charge < -0.3 is 10.2 Å². The number of hydrogen-bond acceptors (Lipinski definition) is 3. The average molecular weight is 422 g/mol. The number of nitrogens with one attached hydrogen (secondary N) is 1. The Morgan fingerprint density at radius 3 is 2.83 bits per heavy atom. The van der Waals surface area contributed by atoms with Crippen molar-refractivity contribution in [1.82, 2.24) is 15.2 Å². The maximum absolute atomic E-state index is 14.1. The molecule has 4 nitrogen and oxygen atoms in total. The number of aromatic nitrogens is 1. The van der Waals surface area contributed by atoms with Crippen molar-refractivity contribution in [3.05, 3.63) is 65.5 Å². The Hall–Kier alpha value is -2.05. The Balaban J connectivity index is 0.00000240. The molecule has 1 saturated heterocycles. The minimum atomic E-state index is -0.463. The fourth-order valence-corrected chi connectivity index (χ4v) is 4.19. The van der Waals surface area contributed by atoms with E-state index in [4.69, 9.17) is 0 Å². The van der Waals surface area contributed by atoms with Crippen molar-refractivity contribution in [2.75, 3.05) is 13.1 Å². The molecule has 3 atom stereocenters. The van der Waals surface area contributed by atoms with Crippen molar-refractivity contribution in [1.29, 1.82) is 0 Å². The standard InChI is InChI=1S/C22H25F2N3O.ClH/c23-15-6-7-21(24)19(12-15)18-13-20(18)22(28)27(14-16-4-1-2-10-26-16)17-5-3-9-25-11-8-17;/h1-2,4,6-7,10,12,17-18,20,25H,3,5,8-9,11,13-14H2;1H. The predicted octanol–water partition coefficient (Wildman–Crippen LogP) is 4.06. The van der Waals surface area contributed by atoms with E-state index in [2.05, 4.69) is 10.3 Å². The van der Waals surface area contributed by atoms with Gasteiger partial charge in [0.2, 0.25) is 5.91 Å². The third-order valence-corrected chi connectivity index (χ3v) is 5.79. The van der Waals surface area contributed by atoms with Crippen LogP contribution in [0.5, 0.6) is 0 Å². The number of amides is 1. The van der Waals surface area contributed by atoms with Gasteiger partial charge in [-0.1, -0.05) is 6.07 Å². The fraction of sp³-hybridized carbons (Fsp3) is 0.455. The minimum Gasteiger partial charge on any atom is -0.334 e. The third-order valence-electron chi connectivity index (χ3n) is 5.79. The van der Waals surface area contributed by atoms with E-state index in [9.17, 15) is 13.6 Å². The second-order valence-electron chi connectivity index (χ2n) is 7.74. The minimum absolute atomic E-state index is 0. The van der Waals surface area contributed by atoms with E-state index in [1.165, 1.54) is 6.07 Å². The number of nitrogens with zero attached hydrogens (tertiary/aromatic N) is 2. The molecule has 2 aromatic rings. The molecule has 1 aliphatic heterocycles. The molecule has 1 aliphatic carbocycles. The number of hydrogen-bond donors (Lipinski definition) is 1. The predicted molar refractivity (Wildman–Crippen MR) is 110 cm³/mol. The fourth-order valence-electron chi connectivity index (χ4n) is 4.19. The molecule has 1 aromatic carbocycles. The Bertz CT molecular complexity index is 828. The molecule has 2 fully saturated rings. The van der Waals surface area contributed by atoms with Crippen LogP contribution < -0.4 is 5.32 Å². The highest BCUT2D eigenvalue weighted by Crippen LogP contribution is 2.50. The van der Waals surface area contributed by atoms with Gasteiger partial charge in [-0.25, -0.2) is 8.78 Å². The molecule has 0 radical (unpaired) electrons. The third kappa shape index (κ3) is 5.11. The summed E-state index contributed by atoms with van der Waals surface area (Å²) >= 11 is 0. The molecule has 7 heteroatoms. The monoisotopic (exact) mass is 421 g/mol. The smallest absolute Gasteiger partial charge is 0.226 e. The first-order valence-electron chi connectivity index (χ1n) is 9.99. The van der Waals surface area contributed by atoms with E-state index in [0.717, 1.165) is 50.2 Å².